The Hall–Kier alpha value is -5.75. The first-order chi connectivity index (χ1) is 22.6. The molecular formula is C34H29ClO12. The highest BCUT2D eigenvalue weighted by Crippen LogP contribution is 2.30. The van der Waals surface area contributed by atoms with Crippen molar-refractivity contribution in [2.24, 2.45) is 0 Å². The van der Waals surface area contributed by atoms with E-state index in [1.54, 1.807) is 0 Å². The number of carbonyl (C=O) groups excluding carboxylic acids is 6. The molecule has 3 aromatic rings. The Morgan fingerprint density at radius 1 is 0.574 bits per heavy atom. The number of esters is 6. The third kappa shape index (κ3) is 12.3. The second-order valence-corrected chi connectivity index (χ2v) is 9.73. The van der Waals surface area contributed by atoms with Crippen molar-refractivity contribution in [2.75, 3.05) is 13.2 Å². The van der Waals surface area contributed by atoms with Gasteiger partial charge in [0.2, 0.25) is 0 Å². The zero-order valence-corrected chi connectivity index (χ0v) is 25.7. The van der Waals surface area contributed by atoms with Crippen molar-refractivity contribution < 1.29 is 57.2 Å². The van der Waals surface area contributed by atoms with E-state index in [1.165, 1.54) is 66.7 Å². The largest absolute Gasteiger partial charge is 0.463 e. The smallest absolute Gasteiger partial charge is 0.343 e. The molecule has 12 nitrogen and oxygen atoms in total. The van der Waals surface area contributed by atoms with E-state index in [0.717, 1.165) is 12.2 Å². The molecule has 0 aliphatic heterocycles. The molecular weight excluding hydrogens is 636 g/mol. The minimum Gasteiger partial charge on any atom is -0.463 e. The quantitative estimate of drug-likeness (QED) is 0.0808. The van der Waals surface area contributed by atoms with Crippen LogP contribution in [0.5, 0.6) is 23.0 Å². The van der Waals surface area contributed by atoms with Crippen molar-refractivity contribution in [3.63, 3.8) is 0 Å². The van der Waals surface area contributed by atoms with E-state index in [4.69, 9.17) is 40.0 Å². The summed E-state index contributed by atoms with van der Waals surface area (Å²) in [5.41, 5.74) is 0.312. The van der Waals surface area contributed by atoms with Gasteiger partial charge in [-0.05, 0) is 73.5 Å². The average Bonchev–Trinajstić information content (AvgIpc) is 3.06. The fourth-order valence-electron chi connectivity index (χ4n) is 3.53. The fourth-order valence-corrected chi connectivity index (χ4v) is 3.74. The van der Waals surface area contributed by atoms with E-state index in [1.807, 2.05) is 0 Å². The van der Waals surface area contributed by atoms with E-state index in [-0.39, 0.29) is 78.0 Å². The summed E-state index contributed by atoms with van der Waals surface area (Å²) in [6, 6.07) is 15.3. The molecule has 0 heterocycles. The van der Waals surface area contributed by atoms with Crippen molar-refractivity contribution in [2.45, 2.75) is 25.7 Å². The second kappa shape index (κ2) is 18.3. The van der Waals surface area contributed by atoms with Gasteiger partial charge in [0.15, 0.2) is 0 Å². The molecule has 0 aliphatic rings. The molecule has 0 N–H and O–H groups in total. The van der Waals surface area contributed by atoms with Crippen LogP contribution in [0.4, 0.5) is 0 Å². The molecule has 0 aliphatic carbocycles. The summed E-state index contributed by atoms with van der Waals surface area (Å²) < 4.78 is 30.7. The molecule has 0 spiro atoms. The maximum atomic E-state index is 12.6. The van der Waals surface area contributed by atoms with Gasteiger partial charge in [0.05, 0.1) is 29.4 Å². The van der Waals surface area contributed by atoms with Crippen LogP contribution in [0.3, 0.4) is 0 Å². The Labute approximate surface area is 274 Å². The Morgan fingerprint density at radius 2 is 1.00 bits per heavy atom. The van der Waals surface area contributed by atoms with Crippen LogP contribution < -0.4 is 18.9 Å². The molecule has 0 atom stereocenters. The van der Waals surface area contributed by atoms with Gasteiger partial charge in [0, 0.05) is 31.1 Å². The van der Waals surface area contributed by atoms with E-state index >= 15 is 0 Å². The van der Waals surface area contributed by atoms with Crippen LogP contribution in [-0.4, -0.2) is 49.0 Å². The molecule has 0 bridgehead atoms. The van der Waals surface area contributed by atoms with Gasteiger partial charge < -0.3 is 28.4 Å². The number of hydrogen-bond donors (Lipinski definition) is 0. The number of halogens is 1. The number of carbonyl (C=O) groups is 6. The van der Waals surface area contributed by atoms with E-state index in [0.29, 0.717) is 0 Å². The molecule has 3 aromatic carbocycles. The predicted molar refractivity (Wildman–Crippen MR) is 166 cm³/mol. The lowest BCUT2D eigenvalue weighted by Crippen LogP contribution is -2.12. The Bertz CT molecular complexity index is 1630. The standard InChI is InChI=1S/C34H29ClO12/c1-3-29(36)42-19-5-7-31(38)44-24-13-9-22(10-14-24)33(40)46-26-17-18-28(27(35)21-26)47-34(41)23-11-15-25(16-12-23)45-32(39)8-6-20-43-30(37)4-2/h3-4,9-18,21H,1-2,5-8,19-20H2. The summed E-state index contributed by atoms with van der Waals surface area (Å²) in [6.45, 7) is 6.65. The number of rotatable bonds is 16. The zero-order valence-electron chi connectivity index (χ0n) is 24.9. The summed E-state index contributed by atoms with van der Waals surface area (Å²) in [5.74, 6) is -3.20. The van der Waals surface area contributed by atoms with Crippen LogP contribution >= 0.6 is 11.6 Å². The van der Waals surface area contributed by atoms with Crippen molar-refractivity contribution in [1.29, 1.82) is 0 Å². The van der Waals surface area contributed by atoms with E-state index < -0.39 is 35.8 Å². The molecule has 0 radical (unpaired) electrons. The predicted octanol–water partition coefficient (Wildman–Crippen LogP) is 5.61. The van der Waals surface area contributed by atoms with Crippen molar-refractivity contribution >= 4 is 47.4 Å². The molecule has 244 valence electrons. The van der Waals surface area contributed by atoms with Crippen molar-refractivity contribution in [1.82, 2.24) is 0 Å². The lowest BCUT2D eigenvalue weighted by Gasteiger charge is -2.10. The highest BCUT2D eigenvalue weighted by molar-refractivity contribution is 6.32. The van der Waals surface area contributed by atoms with Crippen LogP contribution in [0.2, 0.25) is 5.02 Å². The second-order valence-electron chi connectivity index (χ2n) is 9.32. The summed E-state index contributed by atoms with van der Waals surface area (Å²) >= 11 is 6.25. The molecule has 47 heavy (non-hydrogen) atoms. The zero-order chi connectivity index (χ0) is 34.2. The van der Waals surface area contributed by atoms with Crippen molar-refractivity contribution in [3.8, 4) is 23.0 Å². The van der Waals surface area contributed by atoms with Gasteiger partial charge in [0.25, 0.3) is 0 Å². The minimum absolute atomic E-state index is 0.00510. The number of hydrogen-bond acceptors (Lipinski definition) is 12. The summed E-state index contributed by atoms with van der Waals surface area (Å²) in [4.78, 5) is 71.1. The maximum Gasteiger partial charge on any atom is 0.343 e. The Balaban J connectivity index is 1.46. The molecule has 13 heteroatoms. The van der Waals surface area contributed by atoms with Crippen molar-refractivity contribution in [3.05, 3.63) is 108 Å². The van der Waals surface area contributed by atoms with Crippen LogP contribution in [-0.2, 0) is 28.7 Å². The number of benzene rings is 3. The number of ether oxygens (including phenoxy) is 6. The first-order valence-electron chi connectivity index (χ1n) is 14.0. The highest BCUT2D eigenvalue weighted by atomic mass is 35.5. The van der Waals surface area contributed by atoms with Gasteiger partial charge in [-0.2, -0.15) is 0 Å². The third-order valence-electron chi connectivity index (χ3n) is 5.83. The summed E-state index contributed by atoms with van der Waals surface area (Å²) in [6.07, 6.45) is 2.63. The SMILES string of the molecule is C=CC(=O)OCCCC(=O)Oc1ccc(C(=O)Oc2ccc(OC(=O)c3ccc(OC(=O)CCCOC(=O)C=C)cc3)c(Cl)c2)cc1. The minimum atomic E-state index is -0.740. The summed E-state index contributed by atoms with van der Waals surface area (Å²) in [7, 11) is 0. The molecule has 0 fully saturated rings. The van der Waals surface area contributed by atoms with Crippen LogP contribution in [0.15, 0.2) is 92.0 Å². The fraction of sp³-hybridized carbons (Fsp3) is 0.176. The summed E-state index contributed by atoms with van der Waals surface area (Å²) in [5, 5.41) is -0.00510. The third-order valence-corrected chi connectivity index (χ3v) is 6.13. The molecule has 0 saturated carbocycles. The molecule has 3 rings (SSSR count). The van der Waals surface area contributed by atoms with Gasteiger partial charge in [0.1, 0.15) is 23.0 Å². The van der Waals surface area contributed by atoms with E-state index in [9.17, 15) is 28.8 Å². The average molecular weight is 665 g/mol. The van der Waals surface area contributed by atoms with Gasteiger partial charge in [-0.3, -0.25) is 9.59 Å². The van der Waals surface area contributed by atoms with Gasteiger partial charge >= 0.3 is 35.8 Å². The first kappa shape index (κ1) is 35.7. The maximum absolute atomic E-state index is 12.6. The van der Waals surface area contributed by atoms with Gasteiger partial charge in [-0.1, -0.05) is 24.8 Å². The van der Waals surface area contributed by atoms with Gasteiger partial charge in [-0.15, -0.1) is 0 Å². The van der Waals surface area contributed by atoms with Crippen LogP contribution in [0.1, 0.15) is 46.4 Å². The van der Waals surface area contributed by atoms with Crippen LogP contribution in [0.25, 0.3) is 0 Å². The highest BCUT2D eigenvalue weighted by Gasteiger charge is 2.16. The Morgan fingerprint density at radius 3 is 1.43 bits per heavy atom. The Kier molecular flexibility index (Phi) is 13.9. The molecule has 0 amide bonds. The molecule has 0 unspecified atom stereocenters. The molecule has 0 saturated heterocycles. The topological polar surface area (TPSA) is 158 Å². The lowest BCUT2D eigenvalue weighted by atomic mass is 10.2. The first-order valence-corrected chi connectivity index (χ1v) is 14.4. The lowest BCUT2D eigenvalue weighted by molar-refractivity contribution is -0.140. The monoisotopic (exact) mass is 664 g/mol. The van der Waals surface area contributed by atoms with Gasteiger partial charge in [-0.25, -0.2) is 19.2 Å². The normalized spacial score (nSPS) is 10.1. The van der Waals surface area contributed by atoms with E-state index in [2.05, 4.69) is 13.2 Å². The molecule has 0 aromatic heterocycles. The van der Waals surface area contributed by atoms with Crippen LogP contribution in [0, 0.1) is 0 Å².